The van der Waals surface area contributed by atoms with E-state index in [0.29, 0.717) is 0 Å². The van der Waals surface area contributed by atoms with Gasteiger partial charge in [-0.2, -0.15) is 0 Å². The van der Waals surface area contributed by atoms with Crippen molar-refractivity contribution in [1.29, 1.82) is 0 Å². The zero-order chi connectivity index (χ0) is 15.0. The number of carbonyl (C=O) groups is 2. The van der Waals surface area contributed by atoms with Crippen LogP contribution in [0.5, 0.6) is 0 Å². The van der Waals surface area contributed by atoms with Gasteiger partial charge in [0.25, 0.3) is 0 Å². The first kappa shape index (κ1) is 13.6. The molecule has 0 saturated carbocycles. The highest BCUT2D eigenvalue weighted by Gasteiger charge is 2.08. The summed E-state index contributed by atoms with van der Waals surface area (Å²) < 4.78 is 2.18. The third kappa shape index (κ3) is 2.73. The Morgan fingerprint density at radius 1 is 1.10 bits per heavy atom. The molecule has 3 aromatic rings. The predicted octanol–water partition coefficient (Wildman–Crippen LogP) is 3.64. The molecule has 4 nitrogen and oxygen atoms in total. The number of anilines is 1. The number of carboxylic acids is 1. The van der Waals surface area contributed by atoms with E-state index in [0.717, 1.165) is 31.4 Å². The quantitative estimate of drug-likeness (QED) is 0.776. The monoisotopic (exact) mass is 299 g/mol. The zero-order valence-electron chi connectivity index (χ0n) is 11.3. The lowest BCUT2D eigenvalue weighted by Gasteiger charge is -2.02. The van der Waals surface area contributed by atoms with E-state index >= 15 is 0 Å². The molecule has 0 fully saturated rings. The number of carbonyl (C=O) groups excluding carboxylic acids is 1. The van der Waals surface area contributed by atoms with E-state index in [-0.39, 0.29) is 12.3 Å². The molecule has 0 radical (unpaired) electrons. The van der Waals surface area contributed by atoms with Crippen LogP contribution in [0.3, 0.4) is 0 Å². The molecule has 21 heavy (non-hydrogen) atoms. The fourth-order valence-electron chi connectivity index (χ4n) is 2.39. The number of fused-ring (bicyclic) bond motifs is 3. The molecule has 2 N–H and O–H groups in total. The second kappa shape index (κ2) is 5.18. The molecule has 5 heteroatoms. The summed E-state index contributed by atoms with van der Waals surface area (Å²) in [6, 6.07) is 11.5. The molecular weight excluding hydrogens is 286 g/mol. The Bertz CT molecular complexity index is 866. The first-order chi connectivity index (χ1) is 10.0. The molecule has 0 bridgehead atoms. The molecule has 2 aromatic carbocycles. The van der Waals surface area contributed by atoms with E-state index in [1.807, 2.05) is 36.4 Å². The van der Waals surface area contributed by atoms with Gasteiger partial charge in [0.15, 0.2) is 0 Å². The molecule has 0 aliphatic heterocycles. The standard InChI is InChI=1S/C16H13NO3S/c1-9(18)17-11-3-5-14-13(8-11)12-4-2-10(7-16(19)20)6-15(12)21-14/h2-6,8H,7H2,1H3,(H,17,18)(H,19,20). The smallest absolute Gasteiger partial charge is 0.307 e. The number of aliphatic carboxylic acids is 1. The van der Waals surface area contributed by atoms with Gasteiger partial charge in [-0.15, -0.1) is 11.3 Å². The Kier molecular flexibility index (Phi) is 3.35. The van der Waals surface area contributed by atoms with Gasteiger partial charge in [0, 0.05) is 32.8 Å². The average molecular weight is 299 g/mol. The fourth-order valence-corrected chi connectivity index (χ4v) is 3.54. The fraction of sp³-hybridized carbons (Fsp3) is 0.125. The molecule has 1 amide bonds. The van der Waals surface area contributed by atoms with Crippen molar-refractivity contribution in [2.24, 2.45) is 0 Å². The van der Waals surface area contributed by atoms with Crippen LogP contribution in [0.15, 0.2) is 36.4 Å². The number of hydrogen-bond donors (Lipinski definition) is 2. The molecule has 0 aliphatic carbocycles. The number of nitrogens with one attached hydrogen (secondary N) is 1. The van der Waals surface area contributed by atoms with Gasteiger partial charge in [0.1, 0.15) is 0 Å². The largest absolute Gasteiger partial charge is 0.481 e. The summed E-state index contributed by atoms with van der Waals surface area (Å²) in [6.45, 7) is 1.48. The lowest BCUT2D eigenvalue weighted by atomic mass is 10.1. The van der Waals surface area contributed by atoms with Crippen molar-refractivity contribution in [3.63, 3.8) is 0 Å². The first-order valence-corrected chi connectivity index (χ1v) is 7.29. The topological polar surface area (TPSA) is 66.4 Å². The summed E-state index contributed by atoms with van der Waals surface area (Å²) in [6.07, 6.45) is 0.0291. The third-order valence-electron chi connectivity index (χ3n) is 3.21. The molecule has 0 saturated heterocycles. The number of rotatable bonds is 3. The third-order valence-corrected chi connectivity index (χ3v) is 4.34. The number of benzene rings is 2. The Balaban J connectivity index is 2.11. The summed E-state index contributed by atoms with van der Waals surface area (Å²) in [7, 11) is 0. The molecular formula is C16H13NO3S. The number of hydrogen-bond acceptors (Lipinski definition) is 3. The minimum Gasteiger partial charge on any atom is -0.481 e. The molecule has 0 unspecified atom stereocenters. The van der Waals surface area contributed by atoms with E-state index in [1.165, 1.54) is 6.92 Å². The maximum absolute atomic E-state index is 11.1. The number of carboxylic acid groups (broad SMARTS) is 1. The van der Waals surface area contributed by atoms with Crippen LogP contribution in [0, 0.1) is 0 Å². The highest BCUT2D eigenvalue weighted by Crippen LogP contribution is 2.35. The van der Waals surface area contributed by atoms with Crippen LogP contribution < -0.4 is 5.32 Å². The molecule has 0 aliphatic rings. The summed E-state index contributed by atoms with van der Waals surface area (Å²) in [5.41, 5.74) is 1.56. The highest BCUT2D eigenvalue weighted by molar-refractivity contribution is 7.25. The van der Waals surface area contributed by atoms with Crippen molar-refractivity contribution >= 4 is 49.1 Å². The van der Waals surface area contributed by atoms with Gasteiger partial charge in [-0.05, 0) is 29.8 Å². The van der Waals surface area contributed by atoms with Crippen LogP contribution >= 0.6 is 11.3 Å². The van der Waals surface area contributed by atoms with Gasteiger partial charge in [-0.3, -0.25) is 9.59 Å². The van der Waals surface area contributed by atoms with Crippen LogP contribution in [0.2, 0.25) is 0 Å². The highest BCUT2D eigenvalue weighted by atomic mass is 32.1. The van der Waals surface area contributed by atoms with E-state index in [9.17, 15) is 9.59 Å². The van der Waals surface area contributed by atoms with E-state index in [1.54, 1.807) is 11.3 Å². The molecule has 0 atom stereocenters. The second-order valence-electron chi connectivity index (χ2n) is 4.90. The molecule has 3 rings (SSSR count). The Labute approximate surface area is 125 Å². The van der Waals surface area contributed by atoms with Crippen molar-refractivity contribution < 1.29 is 14.7 Å². The van der Waals surface area contributed by atoms with Crippen molar-refractivity contribution in [3.05, 3.63) is 42.0 Å². The predicted molar refractivity (Wildman–Crippen MR) is 85.0 cm³/mol. The summed E-state index contributed by atoms with van der Waals surface area (Å²) in [5, 5.41) is 13.8. The molecule has 1 heterocycles. The molecule has 106 valence electrons. The summed E-state index contributed by atoms with van der Waals surface area (Å²) in [5.74, 6) is -0.930. The molecule has 0 spiro atoms. The van der Waals surface area contributed by atoms with Gasteiger partial charge >= 0.3 is 5.97 Å². The van der Waals surface area contributed by atoms with E-state index < -0.39 is 5.97 Å². The van der Waals surface area contributed by atoms with Crippen LogP contribution in [-0.2, 0) is 16.0 Å². The maximum atomic E-state index is 11.1. The summed E-state index contributed by atoms with van der Waals surface area (Å²) in [4.78, 5) is 21.9. The van der Waals surface area contributed by atoms with Crippen molar-refractivity contribution in [2.45, 2.75) is 13.3 Å². The number of amides is 1. The zero-order valence-corrected chi connectivity index (χ0v) is 12.2. The normalized spacial score (nSPS) is 10.9. The van der Waals surface area contributed by atoms with Crippen molar-refractivity contribution in [1.82, 2.24) is 0 Å². The van der Waals surface area contributed by atoms with Gasteiger partial charge in [-0.1, -0.05) is 12.1 Å². The van der Waals surface area contributed by atoms with Crippen LogP contribution in [0.1, 0.15) is 12.5 Å². The SMILES string of the molecule is CC(=O)Nc1ccc2sc3cc(CC(=O)O)ccc3c2c1. The minimum absolute atomic E-state index is 0.0291. The molecule has 1 aromatic heterocycles. The van der Waals surface area contributed by atoms with Crippen molar-refractivity contribution in [3.8, 4) is 0 Å². The van der Waals surface area contributed by atoms with Crippen LogP contribution in [-0.4, -0.2) is 17.0 Å². The maximum Gasteiger partial charge on any atom is 0.307 e. The average Bonchev–Trinajstić information content (AvgIpc) is 2.74. The lowest BCUT2D eigenvalue weighted by Crippen LogP contribution is -2.05. The van der Waals surface area contributed by atoms with Crippen molar-refractivity contribution in [2.75, 3.05) is 5.32 Å². The lowest BCUT2D eigenvalue weighted by molar-refractivity contribution is -0.136. The van der Waals surface area contributed by atoms with Gasteiger partial charge in [0.05, 0.1) is 6.42 Å². The van der Waals surface area contributed by atoms with Gasteiger partial charge < -0.3 is 10.4 Å². The van der Waals surface area contributed by atoms with Gasteiger partial charge in [-0.25, -0.2) is 0 Å². The Hall–Kier alpha value is -2.40. The number of thiophene rings is 1. The Morgan fingerprint density at radius 3 is 2.62 bits per heavy atom. The first-order valence-electron chi connectivity index (χ1n) is 6.47. The summed E-state index contributed by atoms with van der Waals surface area (Å²) >= 11 is 1.62. The van der Waals surface area contributed by atoms with Crippen LogP contribution in [0.25, 0.3) is 20.2 Å². The van der Waals surface area contributed by atoms with Crippen LogP contribution in [0.4, 0.5) is 5.69 Å². The second-order valence-corrected chi connectivity index (χ2v) is 5.98. The van der Waals surface area contributed by atoms with Gasteiger partial charge in [0.2, 0.25) is 5.91 Å². The van der Waals surface area contributed by atoms with E-state index in [4.69, 9.17) is 5.11 Å². The minimum atomic E-state index is -0.830. The van der Waals surface area contributed by atoms with E-state index in [2.05, 4.69) is 5.32 Å². The Morgan fingerprint density at radius 2 is 1.90 bits per heavy atom.